The van der Waals surface area contributed by atoms with Gasteiger partial charge in [0.15, 0.2) is 0 Å². The van der Waals surface area contributed by atoms with Crippen molar-refractivity contribution in [3.63, 3.8) is 0 Å². The Morgan fingerprint density at radius 1 is 0.905 bits per heavy atom. The van der Waals surface area contributed by atoms with Gasteiger partial charge in [-0.05, 0) is 0 Å². The van der Waals surface area contributed by atoms with Crippen molar-refractivity contribution in [2.24, 2.45) is 11.5 Å². The molecule has 0 aliphatic heterocycles. The molecule has 0 radical (unpaired) electrons. The summed E-state index contributed by atoms with van der Waals surface area (Å²) >= 11 is -2.86. The molecule has 9 heteroatoms. The van der Waals surface area contributed by atoms with Gasteiger partial charge in [0, 0.05) is 0 Å². The van der Waals surface area contributed by atoms with Crippen LogP contribution in [-0.4, -0.2) is 59.3 Å². The van der Waals surface area contributed by atoms with Gasteiger partial charge in [-0.1, -0.05) is 0 Å². The van der Waals surface area contributed by atoms with Crippen LogP contribution in [-0.2, 0) is 9.59 Å². The van der Waals surface area contributed by atoms with Crippen molar-refractivity contribution in [3.05, 3.63) is 0 Å². The van der Waals surface area contributed by atoms with Crippen molar-refractivity contribution < 1.29 is 19.8 Å². The van der Waals surface area contributed by atoms with Crippen molar-refractivity contribution >= 4 is 45.4 Å². The number of carboxylic acid groups (broad SMARTS) is 2. The number of rotatable bonds is 8. The van der Waals surface area contributed by atoms with Crippen LogP contribution in [0.5, 0.6) is 0 Å². The molecule has 0 bridgehead atoms. The van der Waals surface area contributed by atoms with E-state index in [2.05, 4.69) is 9.88 Å². The van der Waals surface area contributed by atoms with E-state index >= 15 is 0 Å². The fourth-order valence-corrected chi connectivity index (χ4v) is 38.8. The molecule has 21 heavy (non-hydrogen) atoms. The van der Waals surface area contributed by atoms with Crippen LogP contribution in [0.1, 0.15) is 27.7 Å². The SMILES string of the molecule is CC(C)([S][Sn]([CH3])([CH3])[S]C(C)(C)[C@H](N)C(=O)O)[C@H](N)C(=O)O. The quantitative estimate of drug-likeness (QED) is 0.415. The first-order valence-corrected chi connectivity index (χ1v) is 20.8. The van der Waals surface area contributed by atoms with E-state index in [1.807, 2.05) is 27.7 Å². The number of carbonyl (C=O) groups is 2. The zero-order valence-electron chi connectivity index (χ0n) is 13.3. The van der Waals surface area contributed by atoms with Gasteiger partial charge in [-0.3, -0.25) is 0 Å². The average molecular weight is 445 g/mol. The summed E-state index contributed by atoms with van der Waals surface area (Å²) < 4.78 is -1.22. The summed E-state index contributed by atoms with van der Waals surface area (Å²) in [6, 6.07) is -1.93. The third kappa shape index (κ3) is 6.55. The molecule has 0 aromatic carbocycles. The van der Waals surface area contributed by atoms with Crippen molar-refractivity contribution in [1.29, 1.82) is 0 Å². The fourth-order valence-electron chi connectivity index (χ4n) is 2.01. The molecule has 0 heterocycles. The van der Waals surface area contributed by atoms with E-state index in [0.29, 0.717) is 0 Å². The molecule has 0 aromatic heterocycles. The van der Waals surface area contributed by atoms with E-state index in [0.717, 1.165) is 0 Å². The van der Waals surface area contributed by atoms with Crippen LogP contribution in [0.25, 0.3) is 0 Å². The molecule has 0 rings (SSSR count). The summed E-state index contributed by atoms with van der Waals surface area (Å²) in [5.74, 6) is -2.05. The van der Waals surface area contributed by atoms with Gasteiger partial charge in [-0.25, -0.2) is 0 Å². The average Bonchev–Trinajstić information content (AvgIpc) is 2.23. The molecule has 0 aliphatic carbocycles. The Hall–Kier alpha value is 0.359. The van der Waals surface area contributed by atoms with Gasteiger partial charge >= 0.3 is 136 Å². The molecule has 6 nitrogen and oxygen atoms in total. The molecule has 0 aromatic rings. The van der Waals surface area contributed by atoms with Crippen molar-refractivity contribution in [2.75, 3.05) is 0 Å². The molecule has 0 unspecified atom stereocenters. The zero-order valence-corrected chi connectivity index (χ0v) is 17.8. The first kappa shape index (κ1) is 21.4. The van der Waals surface area contributed by atoms with Crippen LogP contribution in [0.3, 0.4) is 0 Å². The van der Waals surface area contributed by atoms with Crippen LogP contribution >= 0.6 is 17.9 Å². The summed E-state index contributed by atoms with van der Waals surface area (Å²) in [6.07, 6.45) is 0. The molecule has 0 amide bonds. The van der Waals surface area contributed by atoms with E-state index in [9.17, 15) is 9.59 Å². The third-order valence-electron chi connectivity index (χ3n) is 3.05. The summed E-state index contributed by atoms with van der Waals surface area (Å²) in [6.45, 7) is 7.28. The monoisotopic (exact) mass is 446 g/mol. The molecule has 124 valence electrons. The van der Waals surface area contributed by atoms with Crippen LogP contribution < -0.4 is 11.5 Å². The predicted octanol–water partition coefficient (Wildman–Crippen LogP) is 1.54. The molecule has 0 fully saturated rings. The Kier molecular flexibility index (Phi) is 7.41. The summed E-state index contributed by atoms with van der Waals surface area (Å²) in [7, 11) is 3.23. The van der Waals surface area contributed by atoms with Gasteiger partial charge in [-0.15, -0.1) is 0 Å². The summed E-state index contributed by atoms with van der Waals surface area (Å²) in [4.78, 5) is 26.4. The van der Waals surface area contributed by atoms with E-state index in [1.54, 1.807) is 17.9 Å². The van der Waals surface area contributed by atoms with Crippen molar-refractivity contribution in [2.45, 2.75) is 59.2 Å². The third-order valence-corrected chi connectivity index (χ3v) is 26.4. The Balaban J connectivity index is 5.07. The summed E-state index contributed by atoms with van der Waals surface area (Å²) in [5.41, 5.74) is 11.5. The minimum absolute atomic E-state index is 0.609. The first-order valence-electron chi connectivity index (χ1n) is 6.49. The number of aliphatic carboxylic acids is 2. The zero-order chi connectivity index (χ0) is 17.2. The van der Waals surface area contributed by atoms with E-state index < -0.39 is 49.1 Å². The second-order valence-corrected chi connectivity index (χ2v) is 35.9. The fraction of sp³-hybridized carbons (Fsp3) is 0.833. The van der Waals surface area contributed by atoms with Gasteiger partial charge in [-0.2, -0.15) is 0 Å². The van der Waals surface area contributed by atoms with Crippen molar-refractivity contribution in [3.8, 4) is 0 Å². The second kappa shape index (κ2) is 7.29. The van der Waals surface area contributed by atoms with Gasteiger partial charge in [0.2, 0.25) is 0 Å². The van der Waals surface area contributed by atoms with Gasteiger partial charge in [0.05, 0.1) is 0 Å². The van der Waals surface area contributed by atoms with E-state index in [4.69, 9.17) is 21.7 Å². The topological polar surface area (TPSA) is 127 Å². The van der Waals surface area contributed by atoms with E-state index in [-0.39, 0.29) is 0 Å². The van der Waals surface area contributed by atoms with Gasteiger partial charge in [0.25, 0.3) is 0 Å². The summed E-state index contributed by atoms with van der Waals surface area (Å²) in [5, 5.41) is 18.2. The predicted molar refractivity (Wildman–Crippen MR) is 92.0 cm³/mol. The number of hydrogen-bond donors (Lipinski definition) is 4. The Morgan fingerprint density at radius 3 is 1.33 bits per heavy atom. The first-order chi connectivity index (χ1) is 9.12. The molecular formula is C12H26N2O4S2Sn. The molecule has 0 saturated heterocycles. The number of nitrogens with two attached hydrogens (primary N) is 2. The van der Waals surface area contributed by atoms with E-state index in [1.165, 1.54) is 0 Å². The van der Waals surface area contributed by atoms with Gasteiger partial charge in [0.1, 0.15) is 0 Å². The standard InChI is InChI=1S/2C5H11NO2S.2CH3.Sn/c2*1-5(2,9)3(6)4(7)8;;;/h2*3,9H,6H2,1-2H3,(H,7,8);2*1H3;/q;;;;+2/p-2/t2*3-;;;/m11.../s1. The molecule has 0 aliphatic rings. The number of carboxylic acids is 2. The Bertz CT molecular complexity index is 380. The van der Waals surface area contributed by atoms with Crippen LogP contribution in [0.2, 0.25) is 9.88 Å². The van der Waals surface area contributed by atoms with Crippen LogP contribution in [0.15, 0.2) is 0 Å². The molecule has 6 N–H and O–H groups in total. The Morgan fingerprint density at radius 2 is 1.14 bits per heavy atom. The number of hydrogen-bond acceptors (Lipinski definition) is 6. The maximum atomic E-state index is 11.1. The molecule has 0 spiro atoms. The molecular weight excluding hydrogens is 419 g/mol. The van der Waals surface area contributed by atoms with Crippen LogP contribution in [0.4, 0.5) is 0 Å². The normalized spacial score (nSPS) is 16.4. The molecule has 0 saturated carbocycles. The van der Waals surface area contributed by atoms with Crippen molar-refractivity contribution in [1.82, 2.24) is 0 Å². The minimum atomic E-state index is -2.86. The van der Waals surface area contributed by atoms with Crippen LogP contribution in [0, 0.1) is 0 Å². The Labute approximate surface area is 135 Å². The molecule has 2 atom stereocenters. The maximum absolute atomic E-state index is 11.1. The van der Waals surface area contributed by atoms with Gasteiger partial charge < -0.3 is 0 Å². The second-order valence-electron chi connectivity index (χ2n) is 6.44.